The predicted octanol–water partition coefficient (Wildman–Crippen LogP) is -0.0363. The fraction of sp³-hybridized carbons (Fsp3) is 1.00. The van der Waals surface area contributed by atoms with Gasteiger partial charge in [-0.3, -0.25) is 0 Å². The molecule has 1 N–H and O–H groups in total. The molecule has 1 aliphatic heterocycles. The van der Waals surface area contributed by atoms with Gasteiger partial charge in [-0.25, -0.2) is 8.51 Å². The molecular weight excluding hydrogens is 160 g/mol. The van der Waals surface area contributed by atoms with Gasteiger partial charge in [0.05, 0.1) is 11.0 Å². The summed E-state index contributed by atoms with van der Waals surface area (Å²) >= 11 is 0. The summed E-state index contributed by atoms with van der Waals surface area (Å²) in [5.41, 5.74) is 0. The van der Waals surface area contributed by atoms with E-state index < -0.39 is 11.0 Å². The Morgan fingerprint density at radius 2 is 2.00 bits per heavy atom. The first kappa shape index (κ1) is 9.16. The van der Waals surface area contributed by atoms with Crippen molar-refractivity contribution in [2.24, 2.45) is 0 Å². The highest BCUT2D eigenvalue weighted by atomic mass is 32.2. The van der Waals surface area contributed by atoms with Gasteiger partial charge in [0.15, 0.2) is 0 Å². The molecule has 1 saturated heterocycles. The Morgan fingerprint density at radius 3 is 2.36 bits per heavy atom. The van der Waals surface area contributed by atoms with Crippen LogP contribution in [0.25, 0.3) is 0 Å². The summed E-state index contributed by atoms with van der Waals surface area (Å²) in [5, 5.41) is 3.24. The maximum atomic E-state index is 11.0. The van der Waals surface area contributed by atoms with Crippen molar-refractivity contribution in [3.05, 3.63) is 0 Å². The minimum absolute atomic E-state index is 0.634. The quantitative estimate of drug-likeness (QED) is 0.640. The Hall–Kier alpha value is 0.0700. The average molecular weight is 176 g/mol. The van der Waals surface area contributed by atoms with Crippen LogP contribution in [0.1, 0.15) is 12.8 Å². The molecule has 0 spiro atoms. The van der Waals surface area contributed by atoms with E-state index in [1.165, 1.54) is 0 Å². The Kier molecular flexibility index (Phi) is 3.48. The molecule has 1 unspecified atom stereocenters. The summed E-state index contributed by atoms with van der Waals surface area (Å²) in [6.45, 7) is 1.93. The highest BCUT2D eigenvalue weighted by Gasteiger charge is 2.18. The minimum Gasteiger partial charge on any atom is -0.317 e. The number of hydrogen-bond acceptors (Lipinski definition) is 2. The van der Waals surface area contributed by atoms with Gasteiger partial charge in [-0.15, -0.1) is 0 Å². The van der Waals surface area contributed by atoms with Crippen molar-refractivity contribution in [1.29, 1.82) is 0 Å². The van der Waals surface area contributed by atoms with Crippen LogP contribution in [0.4, 0.5) is 0 Å². The normalized spacial score (nSPS) is 25.3. The fourth-order valence-electron chi connectivity index (χ4n) is 1.40. The Bertz CT molecular complexity index is 143. The lowest BCUT2D eigenvalue weighted by Crippen LogP contribution is -2.41. The van der Waals surface area contributed by atoms with E-state index in [1.54, 1.807) is 6.26 Å². The largest absolute Gasteiger partial charge is 0.317 e. The number of hydrogen-bond donors (Lipinski definition) is 1. The van der Waals surface area contributed by atoms with E-state index in [9.17, 15) is 4.21 Å². The van der Waals surface area contributed by atoms with Crippen molar-refractivity contribution < 1.29 is 4.21 Å². The summed E-state index contributed by atoms with van der Waals surface area (Å²) in [4.78, 5) is 0. The highest BCUT2D eigenvalue weighted by molar-refractivity contribution is 7.81. The zero-order valence-electron chi connectivity index (χ0n) is 7.17. The molecule has 0 aromatic carbocycles. The maximum absolute atomic E-state index is 11.0. The Morgan fingerprint density at radius 1 is 1.45 bits per heavy atom. The van der Waals surface area contributed by atoms with E-state index in [0.29, 0.717) is 6.04 Å². The third kappa shape index (κ3) is 2.54. The predicted molar refractivity (Wildman–Crippen MR) is 47.7 cm³/mol. The minimum atomic E-state index is -0.763. The van der Waals surface area contributed by atoms with E-state index in [-0.39, 0.29) is 0 Å². The van der Waals surface area contributed by atoms with E-state index in [0.717, 1.165) is 25.9 Å². The van der Waals surface area contributed by atoms with Gasteiger partial charge in [-0.2, -0.15) is 0 Å². The summed E-state index contributed by atoms with van der Waals surface area (Å²) in [7, 11) is 1.23. The monoisotopic (exact) mass is 176 g/mol. The van der Waals surface area contributed by atoms with E-state index in [1.807, 2.05) is 11.4 Å². The second-order valence-corrected chi connectivity index (χ2v) is 4.28. The summed E-state index contributed by atoms with van der Waals surface area (Å²) in [5.74, 6) is 0. The van der Waals surface area contributed by atoms with Crippen LogP contribution in [0, 0.1) is 0 Å². The van der Waals surface area contributed by atoms with Crippen molar-refractivity contribution in [3.63, 3.8) is 0 Å². The molecule has 0 aromatic heterocycles. The lowest BCUT2D eigenvalue weighted by molar-refractivity contribution is 0.311. The molecule has 4 heteroatoms. The third-order valence-electron chi connectivity index (χ3n) is 2.23. The van der Waals surface area contributed by atoms with Gasteiger partial charge in [0.2, 0.25) is 0 Å². The van der Waals surface area contributed by atoms with E-state index in [2.05, 4.69) is 5.32 Å². The molecule has 0 amide bonds. The zero-order chi connectivity index (χ0) is 8.27. The molecule has 66 valence electrons. The fourth-order valence-corrected chi connectivity index (χ4v) is 2.13. The van der Waals surface area contributed by atoms with Gasteiger partial charge < -0.3 is 5.32 Å². The molecule has 0 radical (unpaired) electrons. The van der Waals surface area contributed by atoms with E-state index in [4.69, 9.17) is 0 Å². The van der Waals surface area contributed by atoms with Crippen LogP contribution in [-0.4, -0.2) is 40.9 Å². The van der Waals surface area contributed by atoms with Crippen LogP contribution in [0.2, 0.25) is 0 Å². The van der Waals surface area contributed by atoms with Crippen LogP contribution in [0.5, 0.6) is 0 Å². The van der Waals surface area contributed by atoms with Gasteiger partial charge >= 0.3 is 0 Å². The van der Waals surface area contributed by atoms with Crippen molar-refractivity contribution in [2.75, 3.05) is 26.4 Å². The lowest BCUT2D eigenvalue weighted by Gasteiger charge is -2.29. The zero-order valence-corrected chi connectivity index (χ0v) is 7.99. The smallest absolute Gasteiger partial charge is 0.0910 e. The first-order valence-electron chi connectivity index (χ1n) is 4.00. The topological polar surface area (TPSA) is 32.3 Å². The molecule has 0 saturated carbocycles. The molecule has 3 nitrogen and oxygen atoms in total. The highest BCUT2D eigenvalue weighted by Crippen LogP contribution is 2.10. The van der Waals surface area contributed by atoms with Crippen LogP contribution in [0.3, 0.4) is 0 Å². The first-order chi connectivity index (χ1) is 5.24. The SMILES string of the molecule is CNC1CCN(S(C)=O)CC1. The molecule has 1 rings (SSSR count). The van der Waals surface area contributed by atoms with Gasteiger partial charge in [-0.1, -0.05) is 0 Å². The molecule has 1 aliphatic rings. The lowest BCUT2D eigenvalue weighted by atomic mass is 10.1. The van der Waals surface area contributed by atoms with Crippen LogP contribution >= 0.6 is 0 Å². The molecule has 0 aromatic rings. The second-order valence-electron chi connectivity index (χ2n) is 2.92. The van der Waals surface area contributed by atoms with Crippen molar-refractivity contribution >= 4 is 11.0 Å². The third-order valence-corrected chi connectivity index (χ3v) is 3.32. The van der Waals surface area contributed by atoms with Crippen molar-refractivity contribution in [3.8, 4) is 0 Å². The Balaban J connectivity index is 2.30. The second kappa shape index (κ2) is 4.18. The van der Waals surface area contributed by atoms with Gasteiger partial charge in [0.1, 0.15) is 0 Å². The number of piperidine rings is 1. The van der Waals surface area contributed by atoms with Crippen LogP contribution < -0.4 is 5.32 Å². The van der Waals surface area contributed by atoms with Crippen molar-refractivity contribution in [1.82, 2.24) is 9.62 Å². The van der Waals surface area contributed by atoms with Crippen LogP contribution in [-0.2, 0) is 11.0 Å². The average Bonchev–Trinajstić information content (AvgIpc) is 2.05. The number of nitrogens with one attached hydrogen (secondary N) is 1. The van der Waals surface area contributed by atoms with Gasteiger partial charge in [0, 0.05) is 25.4 Å². The molecular formula is C7H16N2OS. The van der Waals surface area contributed by atoms with Gasteiger partial charge in [-0.05, 0) is 19.9 Å². The molecule has 0 bridgehead atoms. The molecule has 11 heavy (non-hydrogen) atoms. The standard InChI is InChI=1S/C7H16N2OS/c1-8-7-3-5-9(6-4-7)11(2)10/h7-8H,3-6H2,1-2H3. The van der Waals surface area contributed by atoms with Gasteiger partial charge in [0.25, 0.3) is 0 Å². The number of rotatable bonds is 2. The first-order valence-corrected chi connectivity index (χ1v) is 5.51. The molecule has 1 fully saturated rings. The Labute approximate surface area is 70.7 Å². The van der Waals surface area contributed by atoms with Crippen LogP contribution in [0.15, 0.2) is 0 Å². The van der Waals surface area contributed by atoms with Crippen molar-refractivity contribution in [2.45, 2.75) is 18.9 Å². The summed E-state index contributed by atoms with van der Waals surface area (Å²) < 4.78 is 13.0. The number of nitrogens with zero attached hydrogens (tertiary/aromatic N) is 1. The maximum Gasteiger partial charge on any atom is 0.0910 e. The summed E-state index contributed by atoms with van der Waals surface area (Å²) in [6.07, 6.45) is 3.99. The molecule has 0 aliphatic carbocycles. The molecule has 1 atom stereocenters. The van der Waals surface area contributed by atoms with E-state index >= 15 is 0 Å². The molecule has 1 heterocycles. The summed E-state index contributed by atoms with van der Waals surface area (Å²) in [6, 6.07) is 0.634.